The number of hydrogen-bond acceptors (Lipinski definition) is 1. The van der Waals surface area contributed by atoms with E-state index in [4.69, 9.17) is 4.42 Å². The number of para-hydroxylation sites is 5. The van der Waals surface area contributed by atoms with Gasteiger partial charge in [0.05, 0.1) is 27.5 Å². The fourth-order valence-corrected chi connectivity index (χ4v) is 12.0. The lowest BCUT2D eigenvalue weighted by molar-refractivity contribution is 0.628. The quantitative estimate of drug-likeness (QED) is 0.173. The van der Waals surface area contributed by atoms with Gasteiger partial charge in [-0.25, -0.2) is 0 Å². The van der Waals surface area contributed by atoms with Crippen LogP contribution in [0.3, 0.4) is 0 Å². The molecule has 15 rings (SSSR count). The van der Waals surface area contributed by atoms with E-state index in [9.17, 15) is 0 Å². The van der Waals surface area contributed by atoms with Gasteiger partial charge in [-0.1, -0.05) is 164 Å². The highest BCUT2D eigenvalue weighted by Crippen LogP contribution is 2.65. The monoisotopic (exact) mass is 838 g/mol. The van der Waals surface area contributed by atoms with E-state index in [-0.39, 0.29) is 0 Å². The van der Waals surface area contributed by atoms with E-state index in [2.05, 4.69) is 240 Å². The van der Waals surface area contributed by atoms with Crippen molar-refractivity contribution in [2.75, 3.05) is 0 Å². The van der Waals surface area contributed by atoms with Gasteiger partial charge in [-0.15, -0.1) is 0 Å². The first-order chi connectivity index (χ1) is 32.7. The van der Waals surface area contributed by atoms with Crippen LogP contribution >= 0.6 is 0 Å². The number of furan rings is 1. The van der Waals surface area contributed by atoms with Crippen molar-refractivity contribution < 1.29 is 4.42 Å². The molecule has 3 nitrogen and oxygen atoms in total. The molecule has 2 aliphatic rings. The largest absolute Gasteiger partial charge is 0.456 e. The molecule has 0 bridgehead atoms. The summed E-state index contributed by atoms with van der Waals surface area (Å²) in [5.74, 6) is 0.961. The van der Waals surface area contributed by atoms with E-state index in [1.165, 1.54) is 99.2 Å². The average molecular weight is 839 g/mol. The van der Waals surface area contributed by atoms with Crippen molar-refractivity contribution in [3.05, 3.63) is 253 Å². The van der Waals surface area contributed by atoms with Gasteiger partial charge < -0.3 is 13.6 Å². The standard InChI is InChI=1S/C63H38N2O/c1-7-19-53-45(13-1)46-35-29-41(39-25-31-43(32-26-39)64-56-20-8-2-14-47(56)48-15-3-9-21-57(48)64)37-54(46)63(53)55-38-42(30-36-51(55)62-61(63)52-18-6-12-24-60(52)66-62)40-27-33-44(34-28-40)65-58-22-10-4-16-49(58)50-17-5-11-23-59(50)65/h1-38H. The maximum absolute atomic E-state index is 6.95. The zero-order chi connectivity index (χ0) is 43.1. The van der Waals surface area contributed by atoms with Crippen LogP contribution in [0.15, 0.2) is 235 Å². The molecule has 306 valence electrons. The minimum atomic E-state index is -0.596. The topological polar surface area (TPSA) is 23.0 Å². The Labute approximate surface area is 380 Å². The highest BCUT2D eigenvalue weighted by atomic mass is 16.3. The van der Waals surface area contributed by atoms with Gasteiger partial charge in [0, 0.05) is 49.4 Å². The lowest BCUT2D eigenvalue weighted by Gasteiger charge is -2.30. The summed E-state index contributed by atoms with van der Waals surface area (Å²) in [6.45, 7) is 0. The third-order valence-corrected chi connectivity index (χ3v) is 14.8. The van der Waals surface area contributed by atoms with E-state index in [0.29, 0.717) is 0 Å². The normalized spacial score (nSPS) is 14.7. The van der Waals surface area contributed by atoms with Crippen molar-refractivity contribution >= 4 is 54.6 Å². The van der Waals surface area contributed by atoms with Crippen molar-refractivity contribution in [3.8, 4) is 56.1 Å². The SMILES string of the molecule is c1ccc2c(c1)-c1ccc(-c3ccc(-n4c5ccccc5c5ccccc54)cc3)cc1C21c2cc(-c3ccc(-n4c5ccccc5c5ccccc54)cc3)ccc2-c2oc3ccccc3c21. The molecular weight excluding hydrogens is 801 g/mol. The molecule has 0 N–H and O–H groups in total. The number of benzene rings is 10. The van der Waals surface area contributed by atoms with Gasteiger partial charge >= 0.3 is 0 Å². The second kappa shape index (κ2) is 13.2. The van der Waals surface area contributed by atoms with Crippen LogP contribution in [0.2, 0.25) is 0 Å². The molecule has 3 heterocycles. The van der Waals surface area contributed by atoms with Crippen LogP contribution in [-0.4, -0.2) is 9.13 Å². The molecule has 1 unspecified atom stereocenters. The Kier molecular flexibility index (Phi) is 7.15. The van der Waals surface area contributed by atoms with Gasteiger partial charge in [0.15, 0.2) is 0 Å². The number of nitrogens with zero attached hydrogens (tertiary/aromatic N) is 2. The molecule has 1 spiro atoms. The Morgan fingerprint density at radius 3 is 1.23 bits per heavy atom. The lowest BCUT2D eigenvalue weighted by Crippen LogP contribution is -2.26. The van der Waals surface area contributed by atoms with Gasteiger partial charge in [-0.3, -0.25) is 0 Å². The predicted molar refractivity (Wildman–Crippen MR) is 272 cm³/mol. The second-order valence-electron chi connectivity index (χ2n) is 18.0. The van der Waals surface area contributed by atoms with Crippen LogP contribution in [0.25, 0.3) is 111 Å². The first-order valence-electron chi connectivity index (χ1n) is 22.8. The van der Waals surface area contributed by atoms with Gasteiger partial charge in [0.1, 0.15) is 11.3 Å². The molecular formula is C63H38N2O. The van der Waals surface area contributed by atoms with E-state index < -0.39 is 5.41 Å². The number of fused-ring (bicyclic) bond motifs is 18. The highest BCUT2D eigenvalue weighted by Gasteiger charge is 2.54. The summed E-state index contributed by atoms with van der Waals surface area (Å²) < 4.78 is 11.7. The Hall–Kier alpha value is -8.66. The van der Waals surface area contributed by atoms with E-state index >= 15 is 0 Å². The first kappa shape index (κ1) is 35.8. The molecule has 66 heavy (non-hydrogen) atoms. The molecule has 0 saturated heterocycles. The van der Waals surface area contributed by atoms with Crippen LogP contribution in [-0.2, 0) is 5.41 Å². The van der Waals surface area contributed by atoms with Crippen molar-refractivity contribution in [1.29, 1.82) is 0 Å². The van der Waals surface area contributed by atoms with Crippen LogP contribution in [0, 0.1) is 0 Å². The average Bonchev–Trinajstić information content (AvgIpc) is 4.17. The summed E-state index contributed by atoms with van der Waals surface area (Å²) in [6, 6.07) is 84.9. The summed E-state index contributed by atoms with van der Waals surface area (Å²) in [6.07, 6.45) is 0. The number of hydrogen-bond donors (Lipinski definition) is 0. The van der Waals surface area contributed by atoms with Gasteiger partial charge in [-0.2, -0.15) is 0 Å². The molecule has 0 fully saturated rings. The Morgan fingerprint density at radius 2 is 0.697 bits per heavy atom. The predicted octanol–water partition coefficient (Wildman–Crippen LogP) is 16.3. The molecule has 2 aliphatic carbocycles. The van der Waals surface area contributed by atoms with Gasteiger partial charge in [0.2, 0.25) is 0 Å². The Morgan fingerprint density at radius 1 is 0.303 bits per heavy atom. The van der Waals surface area contributed by atoms with E-state index in [1.54, 1.807) is 0 Å². The molecule has 3 aromatic heterocycles. The van der Waals surface area contributed by atoms with E-state index in [0.717, 1.165) is 33.7 Å². The summed E-state index contributed by atoms with van der Waals surface area (Å²) >= 11 is 0. The summed E-state index contributed by atoms with van der Waals surface area (Å²) in [7, 11) is 0. The van der Waals surface area contributed by atoms with Crippen LogP contribution in [0.1, 0.15) is 22.3 Å². The minimum Gasteiger partial charge on any atom is -0.456 e. The van der Waals surface area contributed by atoms with Gasteiger partial charge in [-0.05, 0) is 117 Å². The fourth-order valence-electron chi connectivity index (χ4n) is 12.0. The summed E-state index contributed by atoms with van der Waals surface area (Å²) in [5, 5.41) is 6.22. The number of aromatic nitrogens is 2. The van der Waals surface area contributed by atoms with Crippen molar-refractivity contribution in [2.45, 2.75) is 5.41 Å². The van der Waals surface area contributed by atoms with Crippen molar-refractivity contribution in [1.82, 2.24) is 9.13 Å². The van der Waals surface area contributed by atoms with Crippen LogP contribution < -0.4 is 0 Å². The summed E-state index contributed by atoms with van der Waals surface area (Å²) in [5.41, 5.74) is 21.0. The molecule has 0 radical (unpaired) electrons. The maximum atomic E-state index is 6.95. The molecule has 13 aromatic rings. The molecule has 3 heteroatoms. The van der Waals surface area contributed by atoms with Crippen molar-refractivity contribution in [3.63, 3.8) is 0 Å². The molecule has 1 atom stereocenters. The molecule has 10 aromatic carbocycles. The van der Waals surface area contributed by atoms with Gasteiger partial charge in [0.25, 0.3) is 0 Å². The Balaban J connectivity index is 0.905. The third-order valence-electron chi connectivity index (χ3n) is 14.8. The number of rotatable bonds is 4. The summed E-state index contributed by atoms with van der Waals surface area (Å²) in [4.78, 5) is 0. The van der Waals surface area contributed by atoms with Crippen molar-refractivity contribution in [2.24, 2.45) is 0 Å². The maximum Gasteiger partial charge on any atom is 0.140 e. The fraction of sp³-hybridized carbons (Fsp3) is 0.0159. The van der Waals surface area contributed by atoms with Crippen LogP contribution in [0.4, 0.5) is 0 Å². The smallest absolute Gasteiger partial charge is 0.140 e. The lowest BCUT2D eigenvalue weighted by atomic mass is 9.69. The molecule has 0 saturated carbocycles. The third kappa shape index (κ3) is 4.66. The van der Waals surface area contributed by atoms with Crippen LogP contribution in [0.5, 0.6) is 0 Å². The highest BCUT2D eigenvalue weighted by molar-refractivity contribution is 6.10. The first-order valence-corrected chi connectivity index (χ1v) is 22.8. The second-order valence-corrected chi connectivity index (χ2v) is 18.0. The molecule has 0 amide bonds. The zero-order valence-corrected chi connectivity index (χ0v) is 35.7. The molecule has 0 aliphatic heterocycles. The van der Waals surface area contributed by atoms with E-state index in [1.807, 2.05) is 0 Å². The Bertz CT molecular complexity index is 4050. The minimum absolute atomic E-state index is 0.596. The zero-order valence-electron chi connectivity index (χ0n) is 35.7.